The summed E-state index contributed by atoms with van der Waals surface area (Å²) in [6.45, 7) is 0. The molecule has 5 heteroatoms. The van der Waals surface area contributed by atoms with Gasteiger partial charge in [-0.3, -0.25) is 4.98 Å². The number of fused-ring (bicyclic) bond motifs is 1. The van der Waals surface area contributed by atoms with Gasteiger partial charge in [0.1, 0.15) is 11.6 Å². The molecule has 0 fully saturated rings. The van der Waals surface area contributed by atoms with E-state index in [9.17, 15) is 4.39 Å². The van der Waals surface area contributed by atoms with Crippen LogP contribution in [0.4, 0.5) is 10.2 Å². The van der Waals surface area contributed by atoms with Gasteiger partial charge in [-0.1, -0.05) is 24.3 Å². The average molecular weight is 316 g/mol. The van der Waals surface area contributed by atoms with Crippen molar-refractivity contribution in [1.29, 1.82) is 0 Å². The van der Waals surface area contributed by atoms with Crippen molar-refractivity contribution in [2.45, 2.75) is 0 Å². The molecule has 0 amide bonds. The molecule has 2 heterocycles. The summed E-state index contributed by atoms with van der Waals surface area (Å²) in [7, 11) is 0. The zero-order chi connectivity index (χ0) is 16.5. The zero-order valence-electron chi connectivity index (χ0n) is 12.6. The maximum absolute atomic E-state index is 14.0. The van der Waals surface area contributed by atoms with E-state index in [0.29, 0.717) is 28.1 Å². The molecule has 24 heavy (non-hydrogen) atoms. The molecule has 2 aromatic carbocycles. The van der Waals surface area contributed by atoms with Crippen LogP contribution in [0.2, 0.25) is 0 Å². The average Bonchev–Trinajstić information content (AvgIpc) is 2.63. The number of hydrogen-bond donors (Lipinski definition) is 1. The van der Waals surface area contributed by atoms with Crippen LogP contribution in [0.15, 0.2) is 67.0 Å². The standard InChI is InChI=1S/C19H13FN4/c20-16-6-2-1-5-14(16)12-7-8-17-15(10-12)18(21)24-19(23-17)13-4-3-9-22-11-13/h1-11H,(H2,21,23,24). The highest BCUT2D eigenvalue weighted by Crippen LogP contribution is 2.29. The van der Waals surface area contributed by atoms with E-state index in [1.807, 2.05) is 30.3 Å². The van der Waals surface area contributed by atoms with E-state index in [1.54, 1.807) is 30.6 Å². The van der Waals surface area contributed by atoms with E-state index < -0.39 is 0 Å². The second-order valence-corrected chi connectivity index (χ2v) is 5.39. The van der Waals surface area contributed by atoms with Crippen LogP contribution in [0.5, 0.6) is 0 Å². The topological polar surface area (TPSA) is 64.7 Å². The summed E-state index contributed by atoms with van der Waals surface area (Å²) in [5, 5.41) is 0.698. The molecule has 0 aliphatic heterocycles. The first-order valence-electron chi connectivity index (χ1n) is 7.45. The molecule has 4 aromatic rings. The van der Waals surface area contributed by atoms with E-state index in [0.717, 1.165) is 11.1 Å². The second kappa shape index (κ2) is 5.70. The molecule has 0 aliphatic rings. The van der Waals surface area contributed by atoms with Gasteiger partial charge >= 0.3 is 0 Å². The van der Waals surface area contributed by atoms with Gasteiger partial charge in [-0.25, -0.2) is 14.4 Å². The fourth-order valence-corrected chi connectivity index (χ4v) is 2.64. The zero-order valence-corrected chi connectivity index (χ0v) is 12.6. The quantitative estimate of drug-likeness (QED) is 0.605. The number of nitrogens with two attached hydrogens (primary N) is 1. The fourth-order valence-electron chi connectivity index (χ4n) is 2.64. The molecule has 0 atom stereocenters. The van der Waals surface area contributed by atoms with Crippen molar-refractivity contribution in [2.24, 2.45) is 0 Å². The van der Waals surface area contributed by atoms with Gasteiger partial charge in [0.25, 0.3) is 0 Å². The highest BCUT2D eigenvalue weighted by Gasteiger charge is 2.10. The van der Waals surface area contributed by atoms with Crippen LogP contribution < -0.4 is 5.73 Å². The van der Waals surface area contributed by atoms with Crippen LogP contribution in [0.25, 0.3) is 33.4 Å². The number of aromatic nitrogens is 3. The monoisotopic (exact) mass is 316 g/mol. The number of benzene rings is 2. The maximum Gasteiger partial charge on any atom is 0.163 e. The number of pyridine rings is 1. The number of nitrogen functional groups attached to an aromatic ring is 1. The Morgan fingerprint density at radius 2 is 1.75 bits per heavy atom. The van der Waals surface area contributed by atoms with Gasteiger partial charge in [0.05, 0.1) is 5.52 Å². The van der Waals surface area contributed by atoms with Gasteiger partial charge in [0, 0.05) is 28.9 Å². The van der Waals surface area contributed by atoms with Crippen LogP contribution in [-0.2, 0) is 0 Å². The largest absolute Gasteiger partial charge is 0.383 e. The Hall–Kier alpha value is -3.34. The third-order valence-electron chi connectivity index (χ3n) is 3.83. The fraction of sp³-hybridized carbons (Fsp3) is 0. The van der Waals surface area contributed by atoms with E-state index in [2.05, 4.69) is 15.0 Å². The molecule has 0 aliphatic carbocycles. The van der Waals surface area contributed by atoms with E-state index >= 15 is 0 Å². The Bertz CT molecular complexity index is 1030. The summed E-state index contributed by atoms with van der Waals surface area (Å²) in [6.07, 6.45) is 3.38. The lowest BCUT2D eigenvalue weighted by Crippen LogP contribution is -1.98. The molecule has 4 rings (SSSR count). The minimum Gasteiger partial charge on any atom is -0.383 e. The molecule has 0 spiro atoms. The lowest BCUT2D eigenvalue weighted by molar-refractivity contribution is 0.631. The molecule has 4 nitrogen and oxygen atoms in total. The van der Waals surface area contributed by atoms with Crippen molar-refractivity contribution in [3.63, 3.8) is 0 Å². The highest BCUT2D eigenvalue weighted by molar-refractivity contribution is 5.93. The van der Waals surface area contributed by atoms with E-state index in [4.69, 9.17) is 5.73 Å². The molecular formula is C19H13FN4. The number of rotatable bonds is 2. The van der Waals surface area contributed by atoms with Crippen molar-refractivity contribution in [2.75, 3.05) is 5.73 Å². The smallest absolute Gasteiger partial charge is 0.163 e. The predicted molar refractivity (Wildman–Crippen MR) is 92.6 cm³/mol. The molecule has 0 saturated heterocycles. The summed E-state index contributed by atoms with van der Waals surface area (Å²) in [6, 6.07) is 15.8. The minimum absolute atomic E-state index is 0.275. The Balaban J connectivity index is 1.87. The lowest BCUT2D eigenvalue weighted by Gasteiger charge is -2.08. The third-order valence-corrected chi connectivity index (χ3v) is 3.83. The summed E-state index contributed by atoms with van der Waals surface area (Å²) >= 11 is 0. The van der Waals surface area contributed by atoms with Gasteiger partial charge in [0.2, 0.25) is 0 Å². The number of anilines is 1. The molecular weight excluding hydrogens is 303 g/mol. The van der Waals surface area contributed by atoms with Gasteiger partial charge in [-0.05, 0) is 35.9 Å². The lowest BCUT2D eigenvalue weighted by atomic mass is 10.0. The van der Waals surface area contributed by atoms with Crippen LogP contribution in [0.3, 0.4) is 0 Å². The van der Waals surface area contributed by atoms with Crippen molar-refractivity contribution in [3.05, 3.63) is 72.8 Å². The van der Waals surface area contributed by atoms with Gasteiger partial charge in [0.15, 0.2) is 5.82 Å². The summed E-state index contributed by atoms with van der Waals surface area (Å²) in [5.74, 6) is 0.604. The maximum atomic E-state index is 14.0. The van der Waals surface area contributed by atoms with Crippen LogP contribution in [0, 0.1) is 5.82 Å². The molecule has 0 saturated carbocycles. The third kappa shape index (κ3) is 2.46. The van der Waals surface area contributed by atoms with E-state index in [-0.39, 0.29) is 5.82 Å². The normalized spacial score (nSPS) is 10.9. The number of hydrogen-bond acceptors (Lipinski definition) is 4. The molecule has 0 radical (unpaired) electrons. The van der Waals surface area contributed by atoms with Crippen molar-refractivity contribution < 1.29 is 4.39 Å². The molecule has 0 bridgehead atoms. The number of halogens is 1. The van der Waals surface area contributed by atoms with Crippen molar-refractivity contribution >= 4 is 16.7 Å². The Morgan fingerprint density at radius 1 is 0.875 bits per heavy atom. The SMILES string of the molecule is Nc1nc(-c2cccnc2)nc2ccc(-c3ccccc3F)cc12. The Morgan fingerprint density at radius 3 is 2.54 bits per heavy atom. The number of nitrogens with zero attached hydrogens (tertiary/aromatic N) is 3. The van der Waals surface area contributed by atoms with Crippen LogP contribution >= 0.6 is 0 Å². The summed E-state index contributed by atoms with van der Waals surface area (Å²) in [4.78, 5) is 13.0. The molecule has 116 valence electrons. The van der Waals surface area contributed by atoms with Gasteiger partial charge < -0.3 is 5.73 Å². The first kappa shape index (κ1) is 14.3. The van der Waals surface area contributed by atoms with Crippen molar-refractivity contribution in [3.8, 4) is 22.5 Å². The second-order valence-electron chi connectivity index (χ2n) is 5.39. The first-order valence-corrected chi connectivity index (χ1v) is 7.45. The summed E-state index contributed by atoms with van der Waals surface area (Å²) in [5.41, 5.74) is 8.88. The van der Waals surface area contributed by atoms with Crippen LogP contribution in [0.1, 0.15) is 0 Å². The van der Waals surface area contributed by atoms with Gasteiger partial charge in [-0.15, -0.1) is 0 Å². The minimum atomic E-state index is -0.275. The molecule has 2 N–H and O–H groups in total. The van der Waals surface area contributed by atoms with E-state index in [1.165, 1.54) is 6.07 Å². The molecule has 2 aromatic heterocycles. The Kier molecular flexibility index (Phi) is 3.39. The summed E-state index contributed by atoms with van der Waals surface area (Å²) < 4.78 is 14.0. The highest BCUT2D eigenvalue weighted by atomic mass is 19.1. The van der Waals surface area contributed by atoms with Gasteiger partial charge in [-0.2, -0.15) is 0 Å². The predicted octanol–water partition coefficient (Wildman–Crippen LogP) is 4.08. The first-order chi connectivity index (χ1) is 11.7. The molecule has 0 unspecified atom stereocenters. The Labute approximate surface area is 137 Å². The van der Waals surface area contributed by atoms with Crippen LogP contribution in [-0.4, -0.2) is 15.0 Å². The van der Waals surface area contributed by atoms with Crippen molar-refractivity contribution in [1.82, 2.24) is 15.0 Å².